The lowest BCUT2D eigenvalue weighted by atomic mass is 9.98. The summed E-state index contributed by atoms with van der Waals surface area (Å²) in [6, 6.07) is 9.23. The van der Waals surface area contributed by atoms with Gasteiger partial charge >= 0.3 is 6.03 Å². The van der Waals surface area contributed by atoms with Gasteiger partial charge in [-0.3, -0.25) is 9.71 Å². The smallest absolute Gasteiger partial charge is 0.317 e. The zero-order valence-electron chi connectivity index (χ0n) is 14.6. The topological polar surface area (TPSA) is 91.4 Å². The molecule has 26 heavy (non-hydrogen) atoms. The minimum Gasteiger partial charge on any atom is -0.338 e. The maximum atomic E-state index is 12.4. The Morgan fingerprint density at radius 1 is 1.27 bits per heavy atom. The molecule has 2 heterocycles. The molecule has 0 radical (unpaired) electrons. The molecule has 0 unspecified atom stereocenters. The van der Waals surface area contributed by atoms with E-state index in [4.69, 9.17) is 0 Å². The highest BCUT2D eigenvalue weighted by atomic mass is 32.2. The van der Waals surface area contributed by atoms with E-state index in [1.165, 1.54) is 0 Å². The second-order valence-corrected chi connectivity index (χ2v) is 8.08. The fourth-order valence-corrected chi connectivity index (χ4v) is 3.64. The van der Waals surface area contributed by atoms with E-state index < -0.39 is 10.0 Å². The summed E-state index contributed by atoms with van der Waals surface area (Å²) < 4.78 is 25.6. The largest absolute Gasteiger partial charge is 0.338 e. The van der Waals surface area contributed by atoms with Crippen molar-refractivity contribution in [1.82, 2.24) is 15.2 Å². The van der Waals surface area contributed by atoms with Gasteiger partial charge in [-0.25, -0.2) is 13.2 Å². The van der Waals surface area contributed by atoms with Gasteiger partial charge in [0.05, 0.1) is 11.9 Å². The first kappa shape index (κ1) is 18.2. The minimum absolute atomic E-state index is 0.110. The fourth-order valence-electron chi connectivity index (χ4n) is 3.05. The summed E-state index contributed by atoms with van der Waals surface area (Å²) in [5, 5.41) is 2.93. The number of nitrogens with zero attached hydrogens (tertiary/aromatic N) is 2. The molecule has 2 amide bonds. The number of nitrogens with one attached hydrogen (secondary N) is 2. The van der Waals surface area contributed by atoms with E-state index in [0.717, 1.165) is 29.4 Å². The molecular formula is C18H22N4O3S. The van der Waals surface area contributed by atoms with Crippen LogP contribution in [0.25, 0.3) is 0 Å². The standard InChI is InChI=1S/C18H22N4O3S/c1-26(24,25)21-17-6-2-5-15-13-22(11-8-16(15)17)18(23)20-10-7-14-4-3-9-19-12-14/h2-6,9,12,21H,7-8,10-11,13H2,1H3,(H,20,23). The Hall–Kier alpha value is -2.61. The molecule has 1 aliphatic heterocycles. The van der Waals surface area contributed by atoms with Crippen molar-refractivity contribution in [1.29, 1.82) is 0 Å². The Labute approximate surface area is 153 Å². The molecule has 138 valence electrons. The molecule has 3 rings (SSSR count). The van der Waals surface area contributed by atoms with Crippen LogP contribution in [0, 0.1) is 0 Å². The van der Waals surface area contributed by atoms with Crippen LogP contribution in [0.1, 0.15) is 16.7 Å². The third-order valence-electron chi connectivity index (χ3n) is 4.26. The van der Waals surface area contributed by atoms with Crippen molar-refractivity contribution in [3.63, 3.8) is 0 Å². The molecule has 0 bridgehead atoms. The first-order chi connectivity index (χ1) is 12.4. The molecular weight excluding hydrogens is 352 g/mol. The molecule has 2 aromatic rings. The number of urea groups is 1. The van der Waals surface area contributed by atoms with Gasteiger partial charge in [0.2, 0.25) is 10.0 Å². The number of carbonyl (C=O) groups excluding carboxylic acids is 1. The number of sulfonamides is 1. The summed E-state index contributed by atoms with van der Waals surface area (Å²) in [7, 11) is -3.33. The minimum atomic E-state index is -3.33. The van der Waals surface area contributed by atoms with Crippen molar-refractivity contribution in [3.8, 4) is 0 Å². The fraction of sp³-hybridized carbons (Fsp3) is 0.333. The molecule has 0 aliphatic carbocycles. The van der Waals surface area contributed by atoms with E-state index in [1.54, 1.807) is 29.4 Å². The lowest BCUT2D eigenvalue weighted by Gasteiger charge is -2.30. The third kappa shape index (κ3) is 4.72. The van der Waals surface area contributed by atoms with Gasteiger partial charge in [-0.2, -0.15) is 0 Å². The first-order valence-electron chi connectivity index (χ1n) is 8.42. The molecule has 0 saturated carbocycles. The van der Waals surface area contributed by atoms with E-state index in [1.807, 2.05) is 18.2 Å². The van der Waals surface area contributed by atoms with Crippen LogP contribution < -0.4 is 10.0 Å². The average Bonchev–Trinajstić information content (AvgIpc) is 2.61. The Morgan fingerprint density at radius 3 is 2.85 bits per heavy atom. The SMILES string of the molecule is CS(=O)(=O)Nc1cccc2c1CCN(C(=O)NCCc1cccnc1)C2. The maximum Gasteiger partial charge on any atom is 0.317 e. The highest BCUT2D eigenvalue weighted by molar-refractivity contribution is 7.92. The number of hydrogen-bond acceptors (Lipinski definition) is 4. The van der Waals surface area contributed by atoms with Gasteiger partial charge in [0.25, 0.3) is 0 Å². The molecule has 0 fully saturated rings. The summed E-state index contributed by atoms with van der Waals surface area (Å²) in [5.74, 6) is 0. The molecule has 1 aliphatic rings. The van der Waals surface area contributed by atoms with E-state index in [-0.39, 0.29) is 6.03 Å². The monoisotopic (exact) mass is 374 g/mol. The number of fused-ring (bicyclic) bond motifs is 1. The molecule has 0 atom stereocenters. The summed E-state index contributed by atoms with van der Waals surface area (Å²) >= 11 is 0. The summed E-state index contributed by atoms with van der Waals surface area (Å²) in [4.78, 5) is 18.2. The van der Waals surface area contributed by atoms with Gasteiger partial charge in [0.15, 0.2) is 0 Å². The lowest BCUT2D eigenvalue weighted by molar-refractivity contribution is 0.192. The van der Waals surface area contributed by atoms with Crippen LogP contribution >= 0.6 is 0 Å². The number of amides is 2. The van der Waals surface area contributed by atoms with Crippen molar-refractivity contribution in [2.45, 2.75) is 19.4 Å². The molecule has 0 spiro atoms. The van der Waals surface area contributed by atoms with Crippen LogP contribution in [0.4, 0.5) is 10.5 Å². The van der Waals surface area contributed by atoms with Crippen LogP contribution in [0.3, 0.4) is 0 Å². The number of carbonyl (C=O) groups is 1. The number of anilines is 1. The van der Waals surface area contributed by atoms with Gasteiger partial charge in [0, 0.05) is 32.0 Å². The van der Waals surface area contributed by atoms with Crippen molar-refractivity contribution in [2.24, 2.45) is 0 Å². The molecule has 1 aromatic heterocycles. The quantitative estimate of drug-likeness (QED) is 0.834. The van der Waals surface area contributed by atoms with Gasteiger partial charge in [-0.05, 0) is 41.7 Å². The zero-order valence-corrected chi connectivity index (χ0v) is 15.4. The highest BCUT2D eigenvalue weighted by Crippen LogP contribution is 2.26. The average molecular weight is 374 g/mol. The number of hydrogen-bond donors (Lipinski definition) is 2. The van der Waals surface area contributed by atoms with E-state index in [2.05, 4.69) is 15.0 Å². The zero-order chi connectivity index (χ0) is 18.6. The third-order valence-corrected chi connectivity index (χ3v) is 4.85. The van der Waals surface area contributed by atoms with Crippen molar-refractivity contribution in [2.75, 3.05) is 24.1 Å². The number of pyridine rings is 1. The summed E-state index contributed by atoms with van der Waals surface area (Å²) in [6.45, 7) is 1.56. The Balaban J connectivity index is 1.59. The maximum absolute atomic E-state index is 12.4. The highest BCUT2D eigenvalue weighted by Gasteiger charge is 2.22. The van der Waals surface area contributed by atoms with Crippen LogP contribution in [0.2, 0.25) is 0 Å². The van der Waals surface area contributed by atoms with E-state index in [9.17, 15) is 13.2 Å². The predicted molar refractivity (Wildman–Crippen MR) is 100 cm³/mol. The van der Waals surface area contributed by atoms with Gasteiger partial charge in [0.1, 0.15) is 0 Å². The first-order valence-corrected chi connectivity index (χ1v) is 10.3. The van der Waals surface area contributed by atoms with Crippen LogP contribution in [0.5, 0.6) is 0 Å². The van der Waals surface area contributed by atoms with Crippen LogP contribution in [0.15, 0.2) is 42.7 Å². The molecule has 8 heteroatoms. The van der Waals surface area contributed by atoms with Crippen molar-refractivity contribution < 1.29 is 13.2 Å². The molecule has 0 saturated heterocycles. The number of benzene rings is 1. The van der Waals surface area contributed by atoms with Gasteiger partial charge < -0.3 is 10.2 Å². The summed E-state index contributed by atoms with van der Waals surface area (Å²) in [6.07, 6.45) is 5.99. The van der Waals surface area contributed by atoms with Crippen molar-refractivity contribution in [3.05, 3.63) is 59.4 Å². The van der Waals surface area contributed by atoms with Gasteiger partial charge in [-0.15, -0.1) is 0 Å². The second-order valence-electron chi connectivity index (χ2n) is 6.33. The predicted octanol–water partition coefficient (Wildman–Crippen LogP) is 1.76. The summed E-state index contributed by atoms with van der Waals surface area (Å²) in [5.41, 5.74) is 3.60. The molecule has 2 N–H and O–H groups in total. The molecule has 1 aromatic carbocycles. The van der Waals surface area contributed by atoms with Gasteiger partial charge in [-0.1, -0.05) is 18.2 Å². The number of aromatic nitrogens is 1. The number of rotatable bonds is 5. The van der Waals surface area contributed by atoms with Crippen molar-refractivity contribution >= 4 is 21.7 Å². The van der Waals surface area contributed by atoms with E-state index in [0.29, 0.717) is 31.7 Å². The van der Waals surface area contributed by atoms with Crippen LogP contribution in [-0.2, 0) is 29.4 Å². The Kier molecular flexibility index (Phi) is 5.41. The van der Waals surface area contributed by atoms with E-state index >= 15 is 0 Å². The Bertz CT molecular complexity index is 885. The lowest BCUT2D eigenvalue weighted by Crippen LogP contribution is -2.43. The molecule has 7 nitrogen and oxygen atoms in total. The van der Waals surface area contributed by atoms with Crippen LogP contribution in [-0.4, -0.2) is 43.7 Å². The Morgan fingerprint density at radius 2 is 2.12 bits per heavy atom. The second kappa shape index (κ2) is 7.74. The normalized spacial score (nSPS) is 13.8.